The number of thiazole rings is 1. The molecule has 106 valence electrons. The fourth-order valence-electron chi connectivity index (χ4n) is 1.52. The fraction of sp³-hybridized carbons (Fsp3) is 0.545. The van der Waals surface area contributed by atoms with Crippen LogP contribution in [0.3, 0.4) is 0 Å². The molecule has 1 amide bonds. The third kappa shape index (κ3) is 4.58. The molecule has 0 unspecified atom stereocenters. The van der Waals surface area contributed by atoms with Gasteiger partial charge in [0.25, 0.3) is 0 Å². The van der Waals surface area contributed by atoms with Crippen molar-refractivity contribution in [3.8, 4) is 0 Å². The van der Waals surface area contributed by atoms with Crippen LogP contribution in [0.25, 0.3) is 0 Å². The lowest BCUT2D eigenvalue weighted by atomic mass is 10.3. The summed E-state index contributed by atoms with van der Waals surface area (Å²) >= 11 is 1.14. The minimum absolute atomic E-state index is 0.00754. The van der Waals surface area contributed by atoms with Crippen LogP contribution < -0.4 is 5.32 Å². The van der Waals surface area contributed by atoms with E-state index in [4.69, 9.17) is 10.2 Å². The van der Waals surface area contributed by atoms with Gasteiger partial charge >= 0.3 is 5.97 Å². The molecular formula is C11H17N3O4S. The van der Waals surface area contributed by atoms with E-state index in [2.05, 4.69) is 10.3 Å². The number of carbonyl (C=O) groups excluding carboxylic acids is 1. The standard InChI is InChI=1S/C11H17N3O4S/c1-3-14(4-5-15)6-8-9(10(17)18)13-11(19-8)12-7(2)16/h15H,3-6H2,1-2H3,(H,17,18)(H,12,13,16). The van der Waals surface area contributed by atoms with Gasteiger partial charge in [-0.05, 0) is 6.54 Å². The topological polar surface area (TPSA) is 103 Å². The second-order valence-corrected chi connectivity index (χ2v) is 4.95. The molecule has 0 aromatic carbocycles. The smallest absolute Gasteiger partial charge is 0.355 e. The second-order valence-electron chi connectivity index (χ2n) is 3.87. The molecular weight excluding hydrogens is 270 g/mol. The Labute approximate surface area is 114 Å². The number of likely N-dealkylation sites (N-methyl/N-ethyl adjacent to an activating group) is 1. The van der Waals surface area contributed by atoms with Crippen molar-refractivity contribution in [2.24, 2.45) is 0 Å². The molecule has 1 aromatic heterocycles. The van der Waals surface area contributed by atoms with Crippen molar-refractivity contribution in [2.45, 2.75) is 20.4 Å². The van der Waals surface area contributed by atoms with E-state index in [1.807, 2.05) is 11.8 Å². The number of nitrogens with one attached hydrogen (secondary N) is 1. The summed E-state index contributed by atoms with van der Waals surface area (Å²) in [5.41, 5.74) is -0.0508. The molecule has 0 spiro atoms. The monoisotopic (exact) mass is 287 g/mol. The van der Waals surface area contributed by atoms with Gasteiger partial charge < -0.3 is 15.5 Å². The van der Waals surface area contributed by atoms with Gasteiger partial charge in [0, 0.05) is 20.0 Å². The van der Waals surface area contributed by atoms with Crippen molar-refractivity contribution >= 4 is 28.3 Å². The number of carbonyl (C=O) groups is 2. The molecule has 1 rings (SSSR count). The van der Waals surface area contributed by atoms with E-state index in [1.165, 1.54) is 6.92 Å². The zero-order chi connectivity index (χ0) is 14.4. The van der Waals surface area contributed by atoms with E-state index in [0.717, 1.165) is 11.3 Å². The average molecular weight is 287 g/mol. The summed E-state index contributed by atoms with van der Waals surface area (Å²) < 4.78 is 0. The van der Waals surface area contributed by atoms with Gasteiger partial charge in [-0.25, -0.2) is 9.78 Å². The zero-order valence-electron chi connectivity index (χ0n) is 10.8. The SMILES string of the molecule is CCN(CCO)Cc1sc(NC(C)=O)nc1C(=O)O. The molecule has 1 heterocycles. The minimum Gasteiger partial charge on any atom is -0.476 e. The number of carboxylic acid groups (broad SMARTS) is 1. The molecule has 3 N–H and O–H groups in total. The molecule has 0 fully saturated rings. The summed E-state index contributed by atoms with van der Waals surface area (Å²) in [6.07, 6.45) is 0. The highest BCUT2D eigenvalue weighted by Crippen LogP contribution is 2.24. The Morgan fingerprint density at radius 3 is 2.63 bits per heavy atom. The van der Waals surface area contributed by atoms with E-state index >= 15 is 0 Å². The van der Waals surface area contributed by atoms with Crippen LogP contribution in [0, 0.1) is 0 Å². The molecule has 7 nitrogen and oxygen atoms in total. The maximum Gasteiger partial charge on any atom is 0.355 e. The highest BCUT2D eigenvalue weighted by atomic mass is 32.1. The predicted molar refractivity (Wildman–Crippen MR) is 71.4 cm³/mol. The van der Waals surface area contributed by atoms with E-state index in [-0.39, 0.29) is 23.3 Å². The van der Waals surface area contributed by atoms with Gasteiger partial charge in [-0.3, -0.25) is 9.69 Å². The normalized spacial score (nSPS) is 10.7. The van der Waals surface area contributed by atoms with Crippen LogP contribution in [0.2, 0.25) is 0 Å². The maximum absolute atomic E-state index is 11.1. The van der Waals surface area contributed by atoms with Crippen molar-refractivity contribution in [3.05, 3.63) is 10.6 Å². The van der Waals surface area contributed by atoms with Gasteiger partial charge in [0.15, 0.2) is 10.8 Å². The maximum atomic E-state index is 11.1. The Bertz CT molecular complexity index is 461. The minimum atomic E-state index is -1.12. The van der Waals surface area contributed by atoms with E-state index in [9.17, 15) is 9.59 Å². The summed E-state index contributed by atoms with van der Waals surface area (Å²) in [6, 6.07) is 0. The van der Waals surface area contributed by atoms with Gasteiger partial charge in [-0.15, -0.1) is 0 Å². The first-order chi connectivity index (χ1) is 8.97. The lowest BCUT2D eigenvalue weighted by Crippen LogP contribution is -2.26. The van der Waals surface area contributed by atoms with E-state index < -0.39 is 5.97 Å². The van der Waals surface area contributed by atoms with Crippen molar-refractivity contribution in [1.29, 1.82) is 0 Å². The van der Waals surface area contributed by atoms with Crippen LogP contribution >= 0.6 is 11.3 Å². The third-order valence-electron chi connectivity index (χ3n) is 2.41. The van der Waals surface area contributed by atoms with Crippen LogP contribution in [0.5, 0.6) is 0 Å². The number of hydrogen-bond donors (Lipinski definition) is 3. The van der Waals surface area contributed by atoms with E-state index in [1.54, 1.807) is 0 Å². The molecule has 0 aliphatic heterocycles. The van der Waals surface area contributed by atoms with Gasteiger partial charge in [0.05, 0.1) is 11.5 Å². The Morgan fingerprint density at radius 1 is 1.47 bits per heavy atom. The number of anilines is 1. The molecule has 0 saturated carbocycles. The second kappa shape index (κ2) is 7.17. The molecule has 0 saturated heterocycles. The molecule has 1 aromatic rings. The van der Waals surface area contributed by atoms with Crippen LogP contribution in [-0.4, -0.2) is 51.7 Å². The van der Waals surface area contributed by atoms with Crippen LogP contribution in [-0.2, 0) is 11.3 Å². The Balaban J connectivity index is 2.93. The number of carboxylic acids is 1. The molecule has 0 atom stereocenters. The number of hydrogen-bond acceptors (Lipinski definition) is 6. The van der Waals surface area contributed by atoms with Crippen molar-refractivity contribution < 1.29 is 19.8 Å². The summed E-state index contributed by atoms with van der Waals surface area (Å²) in [4.78, 5) is 28.4. The molecule has 8 heteroatoms. The number of aromatic nitrogens is 1. The fourth-order valence-corrected chi connectivity index (χ4v) is 2.57. The lowest BCUT2D eigenvalue weighted by molar-refractivity contribution is -0.114. The van der Waals surface area contributed by atoms with Gasteiger partial charge in [0.2, 0.25) is 5.91 Å². The van der Waals surface area contributed by atoms with Crippen LogP contribution in [0.1, 0.15) is 29.2 Å². The molecule has 0 bridgehead atoms. The summed E-state index contributed by atoms with van der Waals surface area (Å²) in [6.45, 7) is 4.80. The highest BCUT2D eigenvalue weighted by molar-refractivity contribution is 7.16. The van der Waals surface area contributed by atoms with Crippen molar-refractivity contribution in [2.75, 3.05) is 25.0 Å². The summed E-state index contributed by atoms with van der Waals surface area (Å²) in [5, 5.41) is 20.8. The quantitative estimate of drug-likeness (QED) is 0.679. The number of aliphatic hydroxyl groups excluding tert-OH is 1. The third-order valence-corrected chi connectivity index (χ3v) is 3.37. The van der Waals surface area contributed by atoms with Gasteiger partial charge in [-0.1, -0.05) is 18.3 Å². The summed E-state index contributed by atoms with van der Waals surface area (Å²) in [5.74, 6) is -1.41. The number of amides is 1. The lowest BCUT2D eigenvalue weighted by Gasteiger charge is -2.17. The molecule has 19 heavy (non-hydrogen) atoms. The number of nitrogens with zero attached hydrogens (tertiary/aromatic N) is 2. The van der Waals surface area contributed by atoms with Gasteiger partial charge in [-0.2, -0.15) is 0 Å². The first-order valence-electron chi connectivity index (χ1n) is 5.81. The zero-order valence-corrected chi connectivity index (χ0v) is 11.7. The van der Waals surface area contributed by atoms with Crippen LogP contribution in [0.15, 0.2) is 0 Å². The molecule has 0 aliphatic carbocycles. The highest BCUT2D eigenvalue weighted by Gasteiger charge is 2.19. The van der Waals surface area contributed by atoms with Gasteiger partial charge in [0.1, 0.15) is 0 Å². The number of rotatable bonds is 7. The Hall–Kier alpha value is -1.51. The Kier molecular flexibility index (Phi) is 5.87. The summed E-state index contributed by atoms with van der Waals surface area (Å²) in [7, 11) is 0. The van der Waals surface area contributed by atoms with E-state index in [0.29, 0.717) is 24.5 Å². The number of aromatic carboxylic acids is 1. The van der Waals surface area contributed by atoms with Crippen LogP contribution in [0.4, 0.5) is 5.13 Å². The number of aliphatic hydroxyl groups is 1. The van der Waals surface area contributed by atoms with Crippen molar-refractivity contribution in [1.82, 2.24) is 9.88 Å². The van der Waals surface area contributed by atoms with Crippen molar-refractivity contribution in [3.63, 3.8) is 0 Å². The Morgan fingerprint density at radius 2 is 2.16 bits per heavy atom. The largest absolute Gasteiger partial charge is 0.476 e. The molecule has 0 aliphatic rings. The first kappa shape index (κ1) is 15.5. The predicted octanol–water partition coefficient (Wildman–Crippen LogP) is 0.614. The molecule has 0 radical (unpaired) electrons. The average Bonchev–Trinajstić information content (AvgIpc) is 2.70. The first-order valence-corrected chi connectivity index (χ1v) is 6.63.